The first-order valence-corrected chi connectivity index (χ1v) is 6.70. The number of carboxylic acid groups (broad SMARTS) is 1. The van der Waals surface area contributed by atoms with Crippen molar-refractivity contribution in [3.8, 4) is 0 Å². The minimum atomic E-state index is -1.17. The van der Waals surface area contributed by atoms with Crippen LogP contribution in [-0.4, -0.2) is 21.9 Å². The molecule has 0 radical (unpaired) electrons. The molecule has 23 heavy (non-hydrogen) atoms. The van der Waals surface area contributed by atoms with Crippen LogP contribution < -0.4 is 5.32 Å². The molecule has 118 valence electrons. The predicted octanol–water partition coefficient (Wildman–Crippen LogP) is 3.16. The van der Waals surface area contributed by atoms with Crippen LogP contribution in [0.5, 0.6) is 0 Å². The van der Waals surface area contributed by atoms with Crippen LogP contribution in [0.3, 0.4) is 0 Å². The minimum Gasteiger partial charge on any atom is -0.478 e. The Bertz CT molecular complexity index is 814. The van der Waals surface area contributed by atoms with Gasteiger partial charge in [0.2, 0.25) is 0 Å². The summed E-state index contributed by atoms with van der Waals surface area (Å²) in [6.07, 6.45) is 0. The molecule has 1 amide bonds. The van der Waals surface area contributed by atoms with E-state index in [-0.39, 0.29) is 22.5 Å². The molecule has 0 fully saturated rings. The number of nitro groups is 1. The summed E-state index contributed by atoms with van der Waals surface area (Å²) in [4.78, 5) is 33.8. The van der Waals surface area contributed by atoms with Crippen LogP contribution in [0.25, 0.3) is 0 Å². The van der Waals surface area contributed by atoms with Crippen LogP contribution in [0.2, 0.25) is 0 Å². The van der Waals surface area contributed by atoms with Crippen molar-refractivity contribution in [2.45, 2.75) is 13.8 Å². The second-order valence-electron chi connectivity index (χ2n) is 5.07. The number of hydrogen-bond donors (Lipinski definition) is 2. The van der Waals surface area contributed by atoms with Crippen LogP contribution in [0.1, 0.15) is 31.8 Å². The van der Waals surface area contributed by atoms with Crippen LogP contribution in [0.15, 0.2) is 36.4 Å². The fourth-order valence-corrected chi connectivity index (χ4v) is 2.09. The normalized spacial score (nSPS) is 10.2. The van der Waals surface area contributed by atoms with Crippen molar-refractivity contribution in [2.24, 2.45) is 0 Å². The third-order valence-electron chi connectivity index (χ3n) is 3.32. The van der Waals surface area contributed by atoms with Gasteiger partial charge in [0.15, 0.2) is 0 Å². The SMILES string of the molecule is Cc1ccc(NC(=O)c2ccc(C)c([N+](=O)[O-])c2)c(C(=O)O)c1. The number of rotatable bonds is 4. The maximum absolute atomic E-state index is 12.2. The number of carbonyl (C=O) groups is 2. The van der Waals surface area contributed by atoms with E-state index in [0.717, 1.165) is 5.56 Å². The quantitative estimate of drug-likeness (QED) is 0.665. The standard InChI is InChI=1S/C16H14N2O5/c1-9-3-6-13(12(7-9)16(20)21)17-15(19)11-5-4-10(2)14(8-11)18(22)23/h3-8H,1-2H3,(H,17,19)(H,20,21). The van der Waals surface area contributed by atoms with Gasteiger partial charge in [-0.05, 0) is 32.0 Å². The van der Waals surface area contributed by atoms with Gasteiger partial charge in [0.25, 0.3) is 11.6 Å². The zero-order chi connectivity index (χ0) is 17.1. The molecule has 0 aliphatic carbocycles. The topological polar surface area (TPSA) is 110 Å². The number of nitrogens with zero attached hydrogens (tertiary/aromatic N) is 1. The Morgan fingerprint density at radius 1 is 1.13 bits per heavy atom. The van der Waals surface area contributed by atoms with Crippen molar-refractivity contribution in [3.05, 3.63) is 68.8 Å². The van der Waals surface area contributed by atoms with Crippen LogP contribution in [0.4, 0.5) is 11.4 Å². The fraction of sp³-hybridized carbons (Fsp3) is 0.125. The molecule has 0 unspecified atom stereocenters. The fourth-order valence-electron chi connectivity index (χ4n) is 2.09. The number of carbonyl (C=O) groups excluding carboxylic acids is 1. The summed E-state index contributed by atoms with van der Waals surface area (Å²) in [7, 11) is 0. The molecule has 0 saturated heterocycles. The van der Waals surface area contributed by atoms with Gasteiger partial charge in [-0.15, -0.1) is 0 Å². The van der Waals surface area contributed by atoms with Crippen molar-refractivity contribution in [2.75, 3.05) is 5.32 Å². The lowest BCUT2D eigenvalue weighted by molar-refractivity contribution is -0.385. The molecule has 2 aromatic carbocycles. The number of aromatic carboxylic acids is 1. The molecule has 2 N–H and O–H groups in total. The smallest absolute Gasteiger partial charge is 0.337 e. The molecule has 0 spiro atoms. The summed E-state index contributed by atoms with van der Waals surface area (Å²) in [5.41, 5.74) is 1.19. The van der Waals surface area contributed by atoms with E-state index in [1.165, 1.54) is 30.3 Å². The van der Waals surface area contributed by atoms with Gasteiger partial charge in [-0.1, -0.05) is 17.7 Å². The molecule has 2 aromatic rings. The van der Waals surface area contributed by atoms with Crippen molar-refractivity contribution < 1.29 is 19.6 Å². The maximum atomic E-state index is 12.2. The summed E-state index contributed by atoms with van der Waals surface area (Å²) in [5, 5.41) is 22.6. The van der Waals surface area contributed by atoms with E-state index in [1.807, 2.05) is 0 Å². The monoisotopic (exact) mass is 314 g/mol. The second kappa shape index (κ2) is 6.27. The Kier molecular flexibility index (Phi) is 4.40. The van der Waals surface area contributed by atoms with Gasteiger partial charge in [-0.2, -0.15) is 0 Å². The lowest BCUT2D eigenvalue weighted by Gasteiger charge is -2.09. The average Bonchev–Trinajstić information content (AvgIpc) is 2.48. The highest BCUT2D eigenvalue weighted by Gasteiger charge is 2.17. The number of amides is 1. The van der Waals surface area contributed by atoms with E-state index in [1.54, 1.807) is 19.9 Å². The maximum Gasteiger partial charge on any atom is 0.337 e. The zero-order valence-corrected chi connectivity index (χ0v) is 12.5. The van der Waals surface area contributed by atoms with Gasteiger partial charge in [-0.3, -0.25) is 14.9 Å². The third kappa shape index (κ3) is 3.52. The van der Waals surface area contributed by atoms with E-state index < -0.39 is 16.8 Å². The van der Waals surface area contributed by atoms with E-state index in [9.17, 15) is 24.8 Å². The predicted molar refractivity (Wildman–Crippen MR) is 83.9 cm³/mol. The van der Waals surface area contributed by atoms with Gasteiger partial charge < -0.3 is 10.4 Å². The molecule has 0 aliphatic rings. The third-order valence-corrected chi connectivity index (χ3v) is 3.32. The summed E-state index contributed by atoms with van der Waals surface area (Å²) in [6.45, 7) is 3.31. The first-order valence-electron chi connectivity index (χ1n) is 6.70. The Balaban J connectivity index is 2.35. The summed E-state index contributed by atoms with van der Waals surface area (Å²) < 4.78 is 0. The van der Waals surface area contributed by atoms with Crippen LogP contribution in [0, 0.1) is 24.0 Å². The van der Waals surface area contributed by atoms with Crippen molar-refractivity contribution in [3.63, 3.8) is 0 Å². The summed E-state index contributed by atoms with van der Waals surface area (Å²) in [6, 6.07) is 8.68. The minimum absolute atomic E-state index is 0.0417. The highest BCUT2D eigenvalue weighted by Crippen LogP contribution is 2.22. The first kappa shape index (κ1) is 16.2. The number of anilines is 1. The number of carboxylic acids is 1. The molecule has 2 rings (SSSR count). The molecule has 7 heteroatoms. The zero-order valence-electron chi connectivity index (χ0n) is 12.5. The Labute approximate surface area is 131 Å². The lowest BCUT2D eigenvalue weighted by atomic mass is 10.1. The molecule has 0 heterocycles. The van der Waals surface area contributed by atoms with Gasteiger partial charge in [0.1, 0.15) is 0 Å². The lowest BCUT2D eigenvalue weighted by Crippen LogP contribution is -2.15. The molecule has 7 nitrogen and oxygen atoms in total. The summed E-state index contributed by atoms with van der Waals surface area (Å²) >= 11 is 0. The second-order valence-corrected chi connectivity index (χ2v) is 5.07. The average molecular weight is 314 g/mol. The number of nitro benzene ring substituents is 1. The Morgan fingerprint density at radius 3 is 2.43 bits per heavy atom. The van der Waals surface area contributed by atoms with Crippen molar-refractivity contribution in [1.29, 1.82) is 0 Å². The van der Waals surface area contributed by atoms with Crippen LogP contribution in [-0.2, 0) is 0 Å². The molecule has 0 bridgehead atoms. The highest BCUT2D eigenvalue weighted by molar-refractivity contribution is 6.08. The first-order chi connectivity index (χ1) is 10.8. The number of benzene rings is 2. The van der Waals surface area contributed by atoms with Gasteiger partial charge in [0.05, 0.1) is 16.2 Å². The van der Waals surface area contributed by atoms with E-state index in [4.69, 9.17) is 0 Å². The van der Waals surface area contributed by atoms with Gasteiger partial charge in [-0.25, -0.2) is 4.79 Å². The molecule has 0 saturated carbocycles. The Hall–Kier alpha value is -3.22. The van der Waals surface area contributed by atoms with E-state index in [2.05, 4.69) is 5.32 Å². The van der Waals surface area contributed by atoms with E-state index in [0.29, 0.717) is 5.56 Å². The number of hydrogen-bond acceptors (Lipinski definition) is 4. The van der Waals surface area contributed by atoms with Crippen LogP contribution >= 0.6 is 0 Å². The molecule has 0 aromatic heterocycles. The molecule has 0 atom stereocenters. The molecule has 0 aliphatic heterocycles. The molecular weight excluding hydrogens is 300 g/mol. The van der Waals surface area contributed by atoms with Crippen molar-refractivity contribution in [1.82, 2.24) is 0 Å². The Morgan fingerprint density at radius 2 is 1.83 bits per heavy atom. The number of aryl methyl sites for hydroxylation is 2. The number of nitrogens with one attached hydrogen (secondary N) is 1. The van der Waals surface area contributed by atoms with Gasteiger partial charge >= 0.3 is 5.97 Å². The summed E-state index contributed by atoms with van der Waals surface area (Å²) in [5.74, 6) is -1.78. The highest BCUT2D eigenvalue weighted by atomic mass is 16.6. The van der Waals surface area contributed by atoms with Crippen molar-refractivity contribution >= 4 is 23.3 Å². The van der Waals surface area contributed by atoms with Gasteiger partial charge in [0, 0.05) is 17.2 Å². The van der Waals surface area contributed by atoms with E-state index >= 15 is 0 Å². The largest absolute Gasteiger partial charge is 0.478 e. The molecular formula is C16H14N2O5.